The molecule has 0 saturated carbocycles. The molecule has 1 atom stereocenters. The summed E-state index contributed by atoms with van der Waals surface area (Å²) in [5, 5.41) is 5.62. The zero-order chi connectivity index (χ0) is 21.1. The molecule has 2 heterocycles. The Morgan fingerprint density at radius 1 is 1.20 bits per heavy atom. The maximum Gasteiger partial charge on any atom is 0.338 e. The molecule has 30 heavy (non-hydrogen) atoms. The second-order valence-electron chi connectivity index (χ2n) is 6.78. The van der Waals surface area contributed by atoms with Crippen molar-refractivity contribution < 1.29 is 19.1 Å². The summed E-state index contributed by atoms with van der Waals surface area (Å²) in [7, 11) is 1.57. The molecule has 4 rings (SSSR count). The summed E-state index contributed by atoms with van der Waals surface area (Å²) in [5.41, 5.74) is 3.27. The Labute approximate surface area is 173 Å². The number of para-hydroxylation sites is 2. The first kappa shape index (κ1) is 19.5. The number of esters is 1. The number of methoxy groups -OCH3 is 1. The van der Waals surface area contributed by atoms with Gasteiger partial charge in [0.2, 0.25) is 0 Å². The van der Waals surface area contributed by atoms with Crippen LogP contribution in [-0.2, 0) is 16.1 Å². The van der Waals surface area contributed by atoms with Crippen molar-refractivity contribution in [2.24, 2.45) is 0 Å². The summed E-state index contributed by atoms with van der Waals surface area (Å²) in [6, 6.07) is 13.9. The molecule has 0 fully saturated rings. The monoisotopic (exact) mass is 406 g/mol. The SMILES string of the molecule is CCOC(=O)C1=C(Cn2cnc3ccccc32)NC(=O)NC1c1cccc(OC)c1. The third-order valence-electron chi connectivity index (χ3n) is 4.93. The Kier molecular flexibility index (Phi) is 5.38. The van der Waals surface area contributed by atoms with E-state index in [1.807, 2.05) is 41.0 Å². The quantitative estimate of drug-likeness (QED) is 0.614. The van der Waals surface area contributed by atoms with E-state index in [2.05, 4.69) is 15.6 Å². The highest BCUT2D eigenvalue weighted by atomic mass is 16.5. The van der Waals surface area contributed by atoms with Crippen molar-refractivity contribution in [3.8, 4) is 5.75 Å². The minimum absolute atomic E-state index is 0.225. The Hall–Kier alpha value is -3.81. The number of carbonyl (C=O) groups excluding carboxylic acids is 2. The fraction of sp³-hybridized carbons (Fsp3) is 0.227. The second-order valence-corrected chi connectivity index (χ2v) is 6.78. The summed E-state index contributed by atoms with van der Waals surface area (Å²) < 4.78 is 12.5. The molecule has 3 aromatic rings. The van der Waals surface area contributed by atoms with Gasteiger partial charge >= 0.3 is 12.0 Å². The average molecular weight is 406 g/mol. The molecule has 1 aliphatic rings. The van der Waals surface area contributed by atoms with Crippen molar-refractivity contribution in [2.75, 3.05) is 13.7 Å². The van der Waals surface area contributed by atoms with E-state index in [1.54, 1.807) is 32.5 Å². The first-order valence-corrected chi connectivity index (χ1v) is 9.62. The lowest BCUT2D eigenvalue weighted by atomic mass is 9.95. The third kappa shape index (κ3) is 3.71. The van der Waals surface area contributed by atoms with Gasteiger partial charge in [0, 0.05) is 0 Å². The molecular formula is C22H22N4O4. The van der Waals surface area contributed by atoms with Gasteiger partial charge in [0.05, 0.1) is 54.9 Å². The number of hydrogen-bond acceptors (Lipinski definition) is 5. The van der Waals surface area contributed by atoms with E-state index in [-0.39, 0.29) is 13.2 Å². The number of nitrogens with one attached hydrogen (secondary N) is 2. The van der Waals surface area contributed by atoms with Gasteiger partial charge in [-0.15, -0.1) is 0 Å². The number of urea groups is 1. The standard InChI is InChI=1S/C22H22N4O4/c1-3-30-21(27)19-17(12-26-13-23-16-9-4-5-10-18(16)26)24-22(28)25-20(19)14-7-6-8-15(11-14)29-2/h4-11,13,20H,3,12H2,1-2H3,(H2,24,25,28). The fourth-order valence-corrected chi connectivity index (χ4v) is 3.57. The van der Waals surface area contributed by atoms with Crippen molar-refractivity contribution in [3.63, 3.8) is 0 Å². The molecule has 0 spiro atoms. The van der Waals surface area contributed by atoms with Crippen LogP contribution in [0.3, 0.4) is 0 Å². The van der Waals surface area contributed by atoms with Gasteiger partial charge in [-0.3, -0.25) is 0 Å². The predicted molar refractivity (Wildman–Crippen MR) is 111 cm³/mol. The van der Waals surface area contributed by atoms with E-state index in [0.29, 0.717) is 17.0 Å². The maximum absolute atomic E-state index is 12.9. The first-order chi connectivity index (χ1) is 14.6. The number of carbonyl (C=O) groups is 2. The van der Waals surface area contributed by atoms with Crippen molar-refractivity contribution >= 4 is 23.0 Å². The lowest BCUT2D eigenvalue weighted by Gasteiger charge is -2.29. The minimum atomic E-state index is -0.669. The van der Waals surface area contributed by atoms with Crippen LogP contribution in [-0.4, -0.2) is 35.3 Å². The van der Waals surface area contributed by atoms with Crippen LogP contribution >= 0.6 is 0 Å². The summed E-state index contributed by atoms with van der Waals surface area (Å²) in [5.74, 6) is 0.142. The number of benzene rings is 2. The van der Waals surface area contributed by atoms with E-state index < -0.39 is 18.0 Å². The molecule has 0 aliphatic carbocycles. The zero-order valence-corrected chi connectivity index (χ0v) is 16.7. The number of ether oxygens (including phenoxy) is 2. The Morgan fingerprint density at radius 3 is 2.83 bits per heavy atom. The van der Waals surface area contributed by atoms with Gasteiger partial charge < -0.3 is 24.7 Å². The van der Waals surface area contributed by atoms with E-state index in [1.165, 1.54) is 0 Å². The van der Waals surface area contributed by atoms with Gasteiger partial charge in [-0.25, -0.2) is 14.6 Å². The fourth-order valence-electron chi connectivity index (χ4n) is 3.57. The van der Waals surface area contributed by atoms with Crippen LogP contribution in [0.5, 0.6) is 5.75 Å². The van der Waals surface area contributed by atoms with Crippen LogP contribution in [0.2, 0.25) is 0 Å². The van der Waals surface area contributed by atoms with Gasteiger partial charge in [0.1, 0.15) is 5.75 Å². The largest absolute Gasteiger partial charge is 0.497 e. The minimum Gasteiger partial charge on any atom is -0.497 e. The summed E-state index contributed by atoms with van der Waals surface area (Å²) in [4.78, 5) is 29.8. The molecule has 0 bridgehead atoms. The number of rotatable bonds is 6. The number of amides is 2. The number of hydrogen-bond donors (Lipinski definition) is 2. The molecule has 2 amide bonds. The Balaban J connectivity index is 1.81. The highest BCUT2D eigenvalue weighted by Gasteiger charge is 2.34. The van der Waals surface area contributed by atoms with Gasteiger partial charge in [-0.2, -0.15) is 0 Å². The normalized spacial score (nSPS) is 16.2. The number of aromatic nitrogens is 2. The second kappa shape index (κ2) is 8.28. The lowest BCUT2D eigenvalue weighted by Crippen LogP contribution is -2.46. The molecule has 154 valence electrons. The topological polar surface area (TPSA) is 94.5 Å². The van der Waals surface area contributed by atoms with Crippen molar-refractivity contribution in [1.29, 1.82) is 0 Å². The van der Waals surface area contributed by atoms with Crippen LogP contribution in [0, 0.1) is 0 Å². The average Bonchev–Trinajstić information content (AvgIpc) is 3.16. The number of imidazole rings is 1. The molecular weight excluding hydrogens is 384 g/mol. The molecule has 2 N–H and O–H groups in total. The van der Waals surface area contributed by atoms with E-state index >= 15 is 0 Å². The molecule has 1 unspecified atom stereocenters. The van der Waals surface area contributed by atoms with Crippen LogP contribution < -0.4 is 15.4 Å². The van der Waals surface area contributed by atoms with Crippen molar-refractivity contribution in [2.45, 2.75) is 19.5 Å². The van der Waals surface area contributed by atoms with Crippen molar-refractivity contribution in [3.05, 3.63) is 71.7 Å². The molecule has 8 heteroatoms. The van der Waals surface area contributed by atoms with Crippen molar-refractivity contribution in [1.82, 2.24) is 20.2 Å². The van der Waals surface area contributed by atoms with Crippen LogP contribution in [0.25, 0.3) is 11.0 Å². The number of fused-ring (bicyclic) bond motifs is 1. The van der Waals surface area contributed by atoms with Crippen LogP contribution in [0.1, 0.15) is 18.5 Å². The maximum atomic E-state index is 12.9. The summed E-state index contributed by atoms with van der Waals surface area (Å²) in [6.07, 6.45) is 1.69. The smallest absolute Gasteiger partial charge is 0.338 e. The highest BCUT2D eigenvalue weighted by Crippen LogP contribution is 2.30. The number of nitrogens with zero attached hydrogens (tertiary/aromatic N) is 2. The van der Waals surface area contributed by atoms with Gasteiger partial charge in [-0.05, 0) is 36.8 Å². The summed E-state index contributed by atoms with van der Waals surface area (Å²) in [6.45, 7) is 2.24. The Morgan fingerprint density at radius 2 is 2.03 bits per heavy atom. The van der Waals surface area contributed by atoms with Gasteiger partial charge in [-0.1, -0.05) is 24.3 Å². The van der Waals surface area contributed by atoms with Crippen LogP contribution in [0.15, 0.2) is 66.1 Å². The number of allylic oxidation sites excluding steroid dienone is 1. The van der Waals surface area contributed by atoms with Gasteiger partial charge in [0.25, 0.3) is 0 Å². The molecule has 2 aromatic carbocycles. The molecule has 0 radical (unpaired) electrons. The molecule has 8 nitrogen and oxygen atoms in total. The Bertz CT molecular complexity index is 1130. The highest BCUT2D eigenvalue weighted by molar-refractivity contribution is 5.95. The lowest BCUT2D eigenvalue weighted by molar-refractivity contribution is -0.139. The molecule has 0 saturated heterocycles. The first-order valence-electron chi connectivity index (χ1n) is 9.62. The molecule has 1 aromatic heterocycles. The zero-order valence-electron chi connectivity index (χ0n) is 16.7. The molecule has 1 aliphatic heterocycles. The summed E-state index contributed by atoms with van der Waals surface area (Å²) >= 11 is 0. The van der Waals surface area contributed by atoms with E-state index in [4.69, 9.17) is 9.47 Å². The van der Waals surface area contributed by atoms with Crippen LogP contribution in [0.4, 0.5) is 4.79 Å². The predicted octanol–water partition coefficient (Wildman–Crippen LogP) is 2.92. The third-order valence-corrected chi connectivity index (χ3v) is 4.93. The van der Waals surface area contributed by atoms with E-state index in [0.717, 1.165) is 16.6 Å². The van der Waals surface area contributed by atoms with E-state index in [9.17, 15) is 9.59 Å². The van der Waals surface area contributed by atoms with Gasteiger partial charge in [0.15, 0.2) is 0 Å².